The summed E-state index contributed by atoms with van der Waals surface area (Å²) >= 11 is 5.59. The second-order valence-electron chi connectivity index (χ2n) is 3.75. The molecule has 1 aromatic carbocycles. The molecule has 0 aromatic heterocycles. The maximum atomic E-state index is 10.3. The largest absolute Gasteiger partial charge is 0.374 e. The summed E-state index contributed by atoms with van der Waals surface area (Å²) in [4.78, 5) is 12.4. The van der Waals surface area contributed by atoms with Crippen molar-refractivity contribution in [1.82, 2.24) is 0 Å². The van der Waals surface area contributed by atoms with Crippen LogP contribution in [-0.2, 0) is 4.79 Å². The maximum Gasteiger partial charge on any atom is 0.161 e. The fourth-order valence-corrected chi connectivity index (χ4v) is 1.48. The first-order valence-electron chi connectivity index (χ1n) is 5.22. The number of halogens is 1. The van der Waals surface area contributed by atoms with Crippen molar-refractivity contribution in [2.75, 3.05) is 18.5 Å². The third-order valence-electron chi connectivity index (χ3n) is 2.39. The highest BCUT2D eigenvalue weighted by molar-refractivity contribution is 6.38. The Morgan fingerprint density at radius 3 is 2.56 bits per heavy atom. The first-order valence-corrected chi connectivity index (χ1v) is 5.60. The molecule has 0 bridgehead atoms. The Bertz CT molecular complexity index is 370. The van der Waals surface area contributed by atoms with Crippen molar-refractivity contribution in [1.29, 1.82) is 0 Å². The zero-order valence-electron chi connectivity index (χ0n) is 9.61. The second-order valence-corrected chi connectivity index (χ2v) is 4.19. The first-order chi connectivity index (χ1) is 7.63. The van der Waals surface area contributed by atoms with Crippen LogP contribution >= 0.6 is 11.6 Å². The van der Waals surface area contributed by atoms with Gasteiger partial charge in [0.1, 0.15) is 0 Å². The molecule has 16 heavy (non-hydrogen) atoms. The van der Waals surface area contributed by atoms with Gasteiger partial charge in [0.25, 0.3) is 0 Å². The average Bonchev–Trinajstić information content (AvgIpc) is 2.29. The molecule has 0 fully saturated rings. The zero-order valence-corrected chi connectivity index (χ0v) is 10.4. The lowest BCUT2D eigenvalue weighted by Gasteiger charge is -2.18. The molecular weight excluding hydrogens is 222 g/mol. The lowest BCUT2D eigenvalue weighted by Crippen LogP contribution is -2.17. The Morgan fingerprint density at radius 1 is 1.38 bits per heavy atom. The van der Waals surface area contributed by atoms with Gasteiger partial charge in [0.2, 0.25) is 0 Å². The number of carbonyl (C=O) groups is 1. The normalized spacial score (nSPS) is 11.3. The molecule has 1 rings (SSSR count). The highest BCUT2D eigenvalue weighted by atomic mass is 35.5. The van der Waals surface area contributed by atoms with E-state index in [2.05, 4.69) is 36.1 Å². The van der Waals surface area contributed by atoms with E-state index in [1.54, 1.807) is 6.08 Å². The molecule has 0 aliphatic heterocycles. The van der Waals surface area contributed by atoms with E-state index in [4.69, 9.17) is 11.6 Å². The molecule has 0 N–H and O–H groups in total. The molecule has 0 atom stereocenters. The molecule has 86 valence electrons. The van der Waals surface area contributed by atoms with Crippen LogP contribution in [-0.4, -0.2) is 19.9 Å². The molecule has 0 amide bonds. The SMILES string of the molecule is Cc1ccc(N(C)CC/C=C(/Cl)C=O)cc1. The summed E-state index contributed by atoms with van der Waals surface area (Å²) < 4.78 is 0. The van der Waals surface area contributed by atoms with E-state index in [1.165, 1.54) is 11.3 Å². The van der Waals surface area contributed by atoms with Gasteiger partial charge in [-0.05, 0) is 25.5 Å². The van der Waals surface area contributed by atoms with Gasteiger partial charge in [-0.25, -0.2) is 0 Å². The van der Waals surface area contributed by atoms with Crippen LogP contribution in [0, 0.1) is 6.92 Å². The molecule has 3 heteroatoms. The Kier molecular flexibility index (Phi) is 5.06. The van der Waals surface area contributed by atoms with E-state index in [1.807, 2.05) is 7.05 Å². The quantitative estimate of drug-likeness (QED) is 0.579. The Morgan fingerprint density at radius 2 is 2.00 bits per heavy atom. The van der Waals surface area contributed by atoms with Crippen LogP contribution in [0.2, 0.25) is 0 Å². The van der Waals surface area contributed by atoms with E-state index in [9.17, 15) is 4.79 Å². The monoisotopic (exact) mass is 237 g/mol. The van der Waals surface area contributed by atoms with Crippen LogP contribution in [0.5, 0.6) is 0 Å². The number of aldehydes is 1. The molecule has 0 saturated carbocycles. The van der Waals surface area contributed by atoms with Crippen molar-refractivity contribution in [2.24, 2.45) is 0 Å². The number of carbonyl (C=O) groups excluding carboxylic acids is 1. The van der Waals surface area contributed by atoms with Gasteiger partial charge in [-0.15, -0.1) is 0 Å². The molecule has 0 heterocycles. The fourth-order valence-electron chi connectivity index (χ4n) is 1.37. The number of nitrogens with zero attached hydrogens (tertiary/aromatic N) is 1. The minimum atomic E-state index is 0.275. The minimum absolute atomic E-state index is 0.275. The Labute approximate surface area is 102 Å². The van der Waals surface area contributed by atoms with Gasteiger partial charge in [-0.2, -0.15) is 0 Å². The van der Waals surface area contributed by atoms with Gasteiger partial charge in [-0.1, -0.05) is 35.4 Å². The number of anilines is 1. The highest BCUT2D eigenvalue weighted by Crippen LogP contribution is 2.13. The van der Waals surface area contributed by atoms with Crippen LogP contribution in [0.25, 0.3) is 0 Å². The maximum absolute atomic E-state index is 10.3. The van der Waals surface area contributed by atoms with Crippen LogP contribution in [0.4, 0.5) is 5.69 Å². The Hall–Kier alpha value is -1.28. The van der Waals surface area contributed by atoms with Gasteiger partial charge in [0, 0.05) is 19.3 Å². The summed E-state index contributed by atoms with van der Waals surface area (Å²) in [7, 11) is 2.02. The number of benzene rings is 1. The van der Waals surface area contributed by atoms with E-state index < -0.39 is 0 Å². The average molecular weight is 238 g/mol. The smallest absolute Gasteiger partial charge is 0.161 e. The first kappa shape index (κ1) is 12.8. The van der Waals surface area contributed by atoms with Crippen molar-refractivity contribution < 1.29 is 4.79 Å². The topological polar surface area (TPSA) is 20.3 Å². The van der Waals surface area contributed by atoms with Crippen LogP contribution in [0.3, 0.4) is 0 Å². The van der Waals surface area contributed by atoms with E-state index in [-0.39, 0.29) is 5.03 Å². The summed E-state index contributed by atoms with van der Waals surface area (Å²) in [6.45, 7) is 2.91. The van der Waals surface area contributed by atoms with Crippen molar-refractivity contribution >= 4 is 23.6 Å². The summed E-state index contributed by atoms with van der Waals surface area (Å²) in [5.41, 5.74) is 2.42. The van der Waals surface area contributed by atoms with E-state index in [0.29, 0.717) is 6.29 Å². The van der Waals surface area contributed by atoms with Gasteiger partial charge >= 0.3 is 0 Å². The van der Waals surface area contributed by atoms with Crippen LogP contribution in [0.1, 0.15) is 12.0 Å². The molecular formula is C13H16ClNO. The summed E-state index contributed by atoms with van der Waals surface area (Å²) in [5, 5.41) is 0.275. The molecule has 0 unspecified atom stereocenters. The van der Waals surface area contributed by atoms with E-state index >= 15 is 0 Å². The third-order valence-corrected chi connectivity index (χ3v) is 2.63. The number of hydrogen-bond donors (Lipinski definition) is 0. The summed E-state index contributed by atoms with van der Waals surface area (Å²) in [5.74, 6) is 0. The Balaban J connectivity index is 2.49. The molecule has 0 spiro atoms. The number of allylic oxidation sites excluding steroid dienone is 1. The molecule has 0 aliphatic carbocycles. The minimum Gasteiger partial charge on any atom is -0.374 e. The lowest BCUT2D eigenvalue weighted by molar-refractivity contribution is -0.104. The molecule has 1 aromatic rings. The fraction of sp³-hybridized carbons (Fsp3) is 0.308. The molecule has 0 radical (unpaired) electrons. The van der Waals surface area contributed by atoms with Crippen LogP contribution in [0.15, 0.2) is 35.4 Å². The van der Waals surface area contributed by atoms with Crippen molar-refractivity contribution in [3.63, 3.8) is 0 Å². The van der Waals surface area contributed by atoms with Gasteiger partial charge in [0.05, 0.1) is 5.03 Å². The van der Waals surface area contributed by atoms with Crippen molar-refractivity contribution in [3.05, 3.63) is 40.9 Å². The van der Waals surface area contributed by atoms with Gasteiger partial charge in [0.15, 0.2) is 6.29 Å². The third kappa shape index (κ3) is 4.07. The summed E-state index contributed by atoms with van der Waals surface area (Å²) in [6.07, 6.45) is 3.16. The number of rotatable bonds is 5. The zero-order chi connectivity index (χ0) is 12.0. The predicted molar refractivity (Wildman–Crippen MR) is 69.1 cm³/mol. The highest BCUT2D eigenvalue weighted by Gasteiger charge is 1.98. The summed E-state index contributed by atoms with van der Waals surface area (Å²) in [6, 6.07) is 8.33. The molecule has 0 saturated heterocycles. The predicted octanol–water partition coefficient (Wildman–Crippen LogP) is 3.14. The number of aryl methyl sites for hydroxylation is 1. The van der Waals surface area contributed by atoms with Crippen LogP contribution < -0.4 is 4.90 Å². The van der Waals surface area contributed by atoms with Crippen molar-refractivity contribution in [2.45, 2.75) is 13.3 Å². The van der Waals surface area contributed by atoms with Gasteiger partial charge in [-0.3, -0.25) is 4.79 Å². The molecule has 0 aliphatic rings. The lowest BCUT2D eigenvalue weighted by atomic mass is 10.2. The second kappa shape index (κ2) is 6.33. The van der Waals surface area contributed by atoms with Gasteiger partial charge < -0.3 is 4.90 Å². The van der Waals surface area contributed by atoms with E-state index in [0.717, 1.165) is 13.0 Å². The van der Waals surface area contributed by atoms with Crippen molar-refractivity contribution in [3.8, 4) is 0 Å². The number of hydrogen-bond acceptors (Lipinski definition) is 2. The standard InChI is InChI=1S/C13H16ClNO/c1-11-5-7-13(8-6-11)15(2)9-3-4-12(14)10-16/h4-8,10H,3,9H2,1-2H3/b12-4+. The molecule has 2 nitrogen and oxygen atoms in total.